The number of hydrogen-bond acceptors (Lipinski definition) is 3. The molecule has 3 aromatic rings. The van der Waals surface area contributed by atoms with Gasteiger partial charge >= 0.3 is 0 Å². The standard InChI is InChI=1S/C27H25BrClN3O2/c1-31-16-23(28)27(34)22-4-2-19-15-20(29)3-5-21(19)25(26(22)31)18-8-12-32(13-9-18)24(33)14-17-6-10-30-11-7-17/h3,5-7,10-11,15-16H,2,4,8-9,12-14H2,1H3. The highest BCUT2D eigenvalue weighted by molar-refractivity contribution is 9.10. The molecular weight excluding hydrogens is 514 g/mol. The van der Waals surface area contributed by atoms with Crippen molar-refractivity contribution < 1.29 is 4.79 Å². The first-order valence-corrected chi connectivity index (χ1v) is 12.7. The van der Waals surface area contributed by atoms with E-state index in [9.17, 15) is 9.59 Å². The molecule has 1 aromatic carbocycles. The quantitative estimate of drug-likeness (QED) is 0.463. The maximum Gasteiger partial charge on any atom is 0.227 e. The van der Waals surface area contributed by atoms with E-state index in [1.165, 1.54) is 5.57 Å². The summed E-state index contributed by atoms with van der Waals surface area (Å²) < 4.78 is 2.65. The molecule has 1 amide bonds. The molecule has 3 heterocycles. The van der Waals surface area contributed by atoms with Crippen LogP contribution in [0, 0.1) is 0 Å². The number of aromatic nitrogens is 2. The van der Waals surface area contributed by atoms with Gasteiger partial charge in [0, 0.05) is 54.9 Å². The van der Waals surface area contributed by atoms with Gasteiger partial charge < -0.3 is 9.47 Å². The Balaban J connectivity index is 1.53. The Morgan fingerprint density at radius 3 is 2.56 bits per heavy atom. The third-order valence-electron chi connectivity index (χ3n) is 6.83. The number of hydrogen-bond donors (Lipinski definition) is 0. The predicted molar refractivity (Wildman–Crippen MR) is 138 cm³/mol. The van der Waals surface area contributed by atoms with Gasteiger partial charge in [0.25, 0.3) is 0 Å². The van der Waals surface area contributed by atoms with Gasteiger partial charge in [-0.05, 0) is 82.6 Å². The molecule has 174 valence electrons. The number of amides is 1. The number of carbonyl (C=O) groups is 1. The van der Waals surface area contributed by atoms with Crippen LogP contribution in [0.1, 0.15) is 40.8 Å². The van der Waals surface area contributed by atoms with Crippen molar-refractivity contribution in [1.29, 1.82) is 0 Å². The first-order valence-electron chi connectivity index (χ1n) is 11.5. The van der Waals surface area contributed by atoms with Crippen molar-refractivity contribution in [2.45, 2.75) is 32.1 Å². The van der Waals surface area contributed by atoms with E-state index in [-0.39, 0.29) is 11.3 Å². The summed E-state index contributed by atoms with van der Waals surface area (Å²) in [5.41, 5.74) is 7.58. The number of rotatable bonds is 2. The molecule has 0 radical (unpaired) electrons. The molecule has 7 heteroatoms. The molecule has 0 N–H and O–H groups in total. The highest BCUT2D eigenvalue weighted by atomic mass is 79.9. The second kappa shape index (κ2) is 9.51. The molecule has 1 saturated heterocycles. The van der Waals surface area contributed by atoms with Crippen LogP contribution in [0.3, 0.4) is 0 Å². The monoisotopic (exact) mass is 537 g/mol. The third kappa shape index (κ3) is 4.37. The van der Waals surface area contributed by atoms with E-state index in [1.54, 1.807) is 12.4 Å². The highest BCUT2D eigenvalue weighted by Crippen LogP contribution is 2.39. The van der Waals surface area contributed by atoms with Crippen LogP contribution in [0.4, 0.5) is 0 Å². The highest BCUT2D eigenvalue weighted by Gasteiger charge is 2.28. The van der Waals surface area contributed by atoms with E-state index in [2.05, 4.69) is 31.5 Å². The average Bonchev–Trinajstić information content (AvgIpc) is 3.00. The fourth-order valence-electron chi connectivity index (χ4n) is 5.14. The van der Waals surface area contributed by atoms with Gasteiger partial charge in [-0.25, -0.2) is 0 Å². The van der Waals surface area contributed by atoms with Crippen molar-refractivity contribution in [3.8, 4) is 0 Å². The number of halogens is 2. The normalized spacial score (nSPS) is 15.6. The first-order chi connectivity index (χ1) is 16.4. The van der Waals surface area contributed by atoms with Crippen molar-refractivity contribution in [3.05, 3.63) is 102 Å². The second-order valence-electron chi connectivity index (χ2n) is 8.94. The second-order valence-corrected chi connectivity index (χ2v) is 10.2. The van der Waals surface area contributed by atoms with Gasteiger partial charge in [0.05, 0.1) is 16.6 Å². The number of benzene rings is 1. The molecule has 0 saturated carbocycles. The van der Waals surface area contributed by atoms with Gasteiger partial charge in [-0.1, -0.05) is 23.2 Å². The molecule has 2 aromatic heterocycles. The first kappa shape index (κ1) is 23.1. The lowest BCUT2D eigenvalue weighted by Gasteiger charge is -2.31. The minimum absolute atomic E-state index is 0.0510. The molecule has 0 unspecified atom stereocenters. The minimum atomic E-state index is 0.0510. The number of carbonyl (C=O) groups excluding carboxylic acids is 1. The van der Waals surface area contributed by atoms with Crippen molar-refractivity contribution in [1.82, 2.24) is 14.5 Å². The summed E-state index contributed by atoms with van der Waals surface area (Å²) >= 11 is 9.79. The van der Waals surface area contributed by atoms with Crippen LogP contribution in [0.15, 0.2) is 63.8 Å². The smallest absolute Gasteiger partial charge is 0.227 e. The summed E-state index contributed by atoms with van der Waals surface area (Å²) in [7, 11) is 2.00. The summed E-state index contributed by atoms with van der Waals surface area (Å²) in [6.45, 7) is 1.34. The predicted octanol–water partition coefficient (Wildman–Crippen LogP) is 4.96. The van der Waals surface area contributed by atoms with E-state index < -0.39 is 0 Å². The van der Waals surface area contributed by atoms with Gasteiger partial charge in [-0.2, -0.15) is 0 Å². The van der Waals surface area contributed by atoms with Crippen LogP contribution >= 0.6 is 27.5 Å². The molecule has 1 aliphatic heterocycles. The zero-order valence-corrected chi connectivity index (χ0v) is 21.3. The van der Waals surface area contributed by atoms with E-state index in [4.69, 9.17) is 11.6 Å². The van der Waals surface area contributed by atoms with Crippen LogP contribution in [-0.4, -0.2) is 33.4 Å². The Hall–Kier alpha value is -2.70. The summed E-state index contributed by atoms with van der Waals surface area (Å²) in [5, 5.41) is 0.707. The summed E-state index contributed by atoms with van der Waals surface area (Å²) in [6.07, 6.45) is 8.68. The average molecular weight is 539 g/mol. The largest absolute Gasteiger partial charge is 0.349 e. The van der Waals surface area contributed by atoms with Gasteiger partial charge in [-0.3, -0.25) is 14.6 Å². The van der Waals surface area contributed by atoms with E-state index >= 15 is 0 Å². The van der Waals surface area contributed by atoms with E-state index in [0.717, 1.165) is 52.8 Å². The Morgan fingerprint density at radius 2 is 1.82 bits per heavy atom. The molecule has 0 atom stereocenters. The molecule has 0 spiro atoms. The van der Waals surface area contributed by atoms with Gasteiger partial charge in [-0.15, -0.1) is 0 Å². The van der Waals surface area contributed by atoms with Crippen LogP contribution < -0.4 is 5.43 Å². The Morgan fingerprint density at radius 1 is 1.09 bits per heavy atom. The number of pyridine rings is 2. The lowest BCUT2D eigenvalue weighted by molar-refractivity contribution is -0.130. The number of nitrogens with zero attached hydrogens (tertiary/aromatic N) is 3. The molecular formula is C27H25BrClN3O2. The molecule has 2 aliphatic rings. The number of likely N-dealkylation sites (tertiary alicyclic amines) is 1. The van der Waals surface area contributed by atoms with Crippen molar-refractivity contribution >= 4 is 39.0 Å². The number of fused-ring (bicyclic) bond motifs is 2. The van der Waals surface area contributed by atoms with Crippen LogP contribution in [0.25, 0.3) is 5.57 Å². The van der Waals surface area contributed by atoms with E-state index in [0.29, 0.717) is 35.4 Å². The van der Waals surface area contributed by atoms with Crippen molar-refractivity contribution in [2.24, 2.45) is 7.05 Å². The van der Waals surface area contributed by atoms with E-state index in [1.807, 2.05) is 42.4 Å². The summed E-state index contributed by atoms with van der Waals surface area (Å²) in [4.78, 5) is 32.0. The summed E-state index contributed by atoms with van der Waals surface area (Å²) in [6, 6.07) is 9.81. The van der Waals surface area contributed by atoms with Gasteiger partial charge in [0.1, 0.15) is 0 Å². The minimum Gasteiger partial charge on any atom is -0.349 e. The fourth-order valence-corrected chi connectivity index (χ4v) is 5.88. The number of piperidine rings is 1. The maximum absolute atomic E-state index is 13.1. The van der Waals surface area contributed by atoms with Crippen molar-refractivity contribution in [3.63, 3.8) is 0 Å². The van der Waals surface area contributed by atoms with Crippen LogP contribution in [0.5, 0.6) is 0 Å². The lowest BCUT2D eigenvalue weighted by atomic mass is 9.88. The zero-order valence-electron chi connectivity index (χ0n) is 19.0. The van der Waals surface area contributed by atoms with Gasteiger partial charge in [0.15, 0.2) is 5.43 Å². The Bertz CT molecular complexity index is 1350. The number of aryl methyl sites for hydroxylation is 2. The molecule has 1 fully saturated rings. The zero-order chi connectivity index (χ0) is 23.8. The van der Waals surface area contributed by atoms with Crippen LogP contribution in [0.2, 0.25) is 5.02 Å². The Labute approximate surface area is 212 Å². The SMILES string of the molecule is Cn1cc(Br)c(=O)c2c1C(=C1CCN(C(=O)Cc3ccncc3)CC1)c1ccc(Cl)cc1CC2. The third-order valence-corrected chi connectivity index (χ3v) is 7.63. The molecule has 0 bridgehead atoms. The fraction of sp³-hybridized carbons (Fsp3) is 0.296. The van der Waals surface area contributed by atoms with Gasteiger partial charge in [0.2, 0.25) is 5.91 Å². The molecule has 5 nitrogen and oxygen atoms in total. The molecule has 1 aliphatic carbocycles. The molecule has 5 rings (SSSR count). The lowest BCUT2D eigenvalue weighted by Crippen LogP contribution is -2.37. The van der Waals surface area contributed by atoms with Crippen LogP contribution in [-0.2, 0) is 31.1 Å². The molecule has 34 heavy (non-hydrogen) atoms. The summed E-state index contributed by atoms with van der Waals surface area (Å²) in [5.74, 6) is 0.139. The maximum atomic E-state index is 13.1. The Kier molecular flexibility index (Phi) is 6.45. The topological polar surface area (TPSA) is 55.2 Å². The van der Waals surface area contributed by atoms with Crippen molar-refractivity contribution in [2.75, 3.05) is 13.1 Å².